The maximum atomic E-state index is 8.55. The van der Waals surface area contributed by atoms with Crippen LogP contribution in [0.1, 0.15) is 0 Å². The Bertz CT molecular complexity index is 57.8. The van der Waals surface area contributed by atoms with Crippen molar-refractivity contribution in [1.29, 1.82) is 0 Å². The minimum atomic E-state index is -5.39. The van der Waals surface area contributed by atoms with Gasteiger partial charge in [0.25, 0.3) is 0 Å². The monoisotopic (exact) mass is 293 g/mol. The van der Waals surface area contributed by atoms with E-state index < -0.39 is 7.82 Å². The molecule has 37 valence electrons. The Labute approximate surface area is 103 Å². The van der Waals surface area contributed by atoms with Crippen LogP contribution in [-0.2, 0) is 4.57 Å². The van der Waals surface area contributed by atoms with Crippen LogP contribution in [0, 0.1) is 39.9 Å². The van der Waals surface area contributed by atoms with Crippen LogP contribution in [0.4, 0.5) is 0 Å². The molecular weight excluding hydrogens is 292 g/mol. The van der Waals surface area contributed by atoms with E-state index in [1.807, 2.05) is 0 Å². The molecule has 0 saturated carbocycles. The summed E-state index contributed by atoms with van der Waals surface area (Å²) in [6.45, 7) is 0. The van der Waals surface area contributed by atoms with Crippen LogP contribution in [0.5, 0.6) is 0 Å². The summed E-state index contributed by atoms with van der Waals surface area (Å²) in [5, 5.41) is 0. The molecule has 0 N–H and O–H groups in total. The molecular formula is CaGdO4P+2. The predicted octanol–water partition coefficient (Wildman–Crippen LogP) is -3.21. The van der Waals surface area contributed by atoms with Crippen molar-refractivity contribution >= 4 is 45.6 Å². The zero-order chi connectivity index (χ0) is 4.50. The summed E-state index contributed by atoms with van der Waals surface area (Å²) >= 11 is 0. The van der Waals surface area contributed by atoms with Crippen LogP contribution in [0.25, 0.3) is 0 Å². The van der Waals surface area contributed by atoms with Crippen molar-refractivity contribution in [3.05, 3.63) is 0 Å². The fourth-order valence-corrected chi connectivity index (χ4v) is 0. The van der Waals surface area contributed by atoms with E-state index in [-0.39, 0.29) is 77.7 Å². The summed E-state index contributed by atoms with van der Waals surface area (Å²) in [6, 6.07) is 0. The molecule has 0 aromatic rings. The van der Waals surface area contributed by atoms with E-state index in [1.165, 1.54) is 0 Å². The quantitative estimate of drug-likeness (QED) is 0.347. The van der Waals surface area contributed by atoms with Gasteiger partial charge in [-0.2, -0.15) is 7.82 Å². The van der Waals surface area contributed by atoms with Gasteiger partial charge in [0.2, 0.25) is 0 Å². The third-order valence-electron chi connectivity index (χ3n) is 0. The maximum Gasteiger partial charge on any atom is 3.00 e. The first-order chi connectivity index (χ1) is 2.00. The molecule has 0 aliphatic rings. The Morgan fingerprint density at radius 2 is 1.14 bits per heavy atom. The SMILES string of the molecule is O=P([O-])([O-])[O-].[Ca+2].[Gd+3]. The molecule has 0 aromatic heterocycles. The molecule has 0 amide bonds. The summed E-state index contributed by atoms with van der Waals surface area (Å²) in [5.41, 5.74) is 0. The zero-order valence-corrected chi connectivity index (χ0v) is 8.51. The molecule has 7 heteroatoms. The Morgan fingerprint density at radius 3 is 1.14 bits per heavy atom. The van der Waals surface area contributed by atoms with E-state index in [2.05, 4.69) is 0 Å². The fourth-order valence-electron chi connectivity index (χ4n) is 0. The Balaban J connectivity index is -0.0000000800. The van der Waals surface area contributed by atoms with Gasteiger partial charge in [-0.05, 0) is 0 Å². The molecule has 0 aliphatic heterocycles. The predicted molar refractivity (Wildman–Crippen MR) is 13.4 cm³/mol. The van der Waals surface area contributed by atoms with Crippen molar-refractivity contribution in [2.45, 2.75) is 0 Å². The molecule has 0 aromatic carbocycles. The average Bonchev–Trinajstić information content (AvgIpc) is 0.722. The first kappa shape index (κ1) is 16.4. The van der Waals surface area contributed by atoms with Crippen molar-refractivity contribution in [3.8, 4) is 0 Å². The molecule has 7 heavy (non-hydrogen) atoms. The summed E-state index contributed by atoms with van der Waals surface area (Å²) in [7, 11) is -5.39. The molecule has 0 atom stereocenters. The summed E-state index contributed by atoms with van der Waals surface area (Å²) in [5.74, 6) is 0. The number of rotatable bonds is 0. The molecule has 0 spiro atoms. The van der Waals surface area contributed by atoms with E-state index in [1.54, 1.807) is 0 Å². The summed E-state index contributed by atoms with van der Waals surface area (Å²) in [6.07, 6.45) is 0. The first-order valence-electron chi connectivity index (χ1n) is 0.730. The van der Waals surface area contributed by atoms with Crippen molar-refractivity contribution in [3.63, 3.8) is 0 Å². The van der Waals surface area contributed by atoms with Crippen LogP contribution in [-0.4, -0.2) is 37.7 Å². The summed E-state index contributed by atoms with van der Waals surface area (Å²) < 4.78 is 8.55. The third-order valence-corrected chi connectivity index (χ3v) is 0. The van der Waals surface area contributed by atoms with Gasteiger partial charge in [-0.1, -0.05) is 0 Å². The average molecular weight is 292 g/mol. The van der Waals surface area contributed by atoms with Crippen LogP contribution in [0.2, 0.25) is 0 Å². The van der Waals surface area contributed by atoms with Gasteiger partial charge >= 0.3 is 77.7 Å². The second-order valence-electron chi connectivity index (χ2n) is 0.447. The van der Waals surface area contributed by atoms with Crippen molar-refractivity contribution < 1.29 is 59.2 Å². The van der Waals surface area contributed by atoms with Gasteiger partial charge in [0.1, 0.15) is 0 Å². The van der Waals surface area contributed by atoms with Gasteiger partial charge < -0.3 is 19.2 Å². The van der Waals surface area contributed by atoms with Crippen LogP contribution in [0.15, 0.2) is 0 Å². The maximum absolute atomic E-state index is 8.55. The number of hydrogen-bond donors (Lipinski definition) is 0. The fraction of sp³-hybridized carbons (Fsp3) is 0. The topological polar surface area (TPSA) is 86.2 Å². The van der Waals surface area contributed by atoms with E-state index in [4.69, 9.17) is 19.2 Å². The van der Waals surface area contributed by atoms with E-state index in [9.17, 15) is 0 Å². The second-order valence-corrected chi connectivity index (χ2v) is 1.34. The first-order valence-corrected chi connectivity index (χ1v) is 2.19. The van der Waals surface area contributed by atoms with Crippen LogP contribution in [0.3, 0.4) is 0 Å². The van der Waals surface area contributed by atoms with Crippen molar-refractivity contribution in [2.24, 2.45) is 0 Å². The molecule has 0 fully saturated rings. The molecule has 0 bridgehead atoms. The largest absolute Gasteiger partial charge is 3.00 e. The van der Waals surface area contributed by atoms with Crippen LogP contribution >= 0.6 is 7.82 Å². The van der Waals surface area contributed by atoms with Gasteiger partial charge in [0, 0.05) is 0 Å². The zero-order valence-electron chi connectivity index (χ0n) is 3.14. The van der Waals surface area contributed by atoms with Gasteiger partial charge in [-0.3, -0.25) is 0 Å². The van der Waals surface area contributed by atoms with E-state index in [0.29, 0.717) is 0 Å². The number of hydrogen-bond acceptors (Lipinski definition) is 4. The molecule has 0 saturated heterocycles. The second kappa shape index (κ2) is 6.81. The Morgan fingerprint density at radius 1 is 1.14 bits per heavy atom. The molecule has 4 nitrogen and oxygen atoms in total. The van der Waals surface area contributed by atoms with E-state index >= 15 is 0 Å². The number of phosphoric acid groups is 1. The van der Waals surface area contributed by atoms with Gasteiger partial charge in [-0.15, -0.1) is 0 Å². The smallest absolute Gasteiger partial charge is 0.822 e. The molecule has 0 rings (SSSR count). The standard InChI is InChI=1S/Ca.Gd.H3O4P/c;;1-5(2,3)4/h;;(H3,1,2,3,4)/q+2;+3;/p-3. The Kier molecular flexibility index (Phi) is 15.9. The van der Waals surface area contributed by atoms with Gasteiger partial charge in [0.15, 0.2) is 0 Å². The van der Waals surface area contributed by atoms with Crippen molar-refractivity contribution in [2.75, 3.05) is 0 Å². The molecule has 0 heterocycles. The molecule has 0 aliphatic carbocycles. The normalized spacial score (nSPS) is 8.43. The molecule has 0 unspecified atom stereocenters. The van der Waals surface area contributed by atoms with Gasteiger partial charge in [0.05, 0.1) is 0 Å². The minimum Gasteiger partial charge on any atom is -0.822 e. The third kappa shape index (κ3) is 53.7. The molecule has 1 radical (unpaired) electrons. The van der Waals surface area contributed by atoms with Crippen LogP contribution < -0.4 is 14.7 Å². The van der Waals surface area contributed by atoms with Gasteiger partial charge in [-0.25, -0.2) is 0 Å². The van der Waals surface area contributed by atoms with E-state index in [0.717, 1.165) is 0 Å². The van der Waals surface area contributed by atoms with Crippen molar-refractivity contribution in [1.82, 2.24) is 0 Å². The Hall–Kier alpha value is 2.69. The minimum absolute atomic E-state index is 0. The summed E-state index contributed by atoms with van der Waals surface area (Å²) in [4.78, 5) is 25.6.